The van der Waals surface area contributed by atoms with Crippen LogP contribution in [-0.2, 0) is 4.74 Å². The number of benzene rings is 1. The standard InChI is InChI=1S/C23H27Cl2N5O4/c1-12(2)19-18(22(32)34-5)20(27-14(4)26-19)21(31)29-8-9-30(13(3)11-29)23(33)28-17-7-6-15(24)10-16(17)25/h6-7,10,12-13H,8-9,11H2,1-5H3,(H,28,33). The van der Waals surface area contributed by atoms with Crippen LogP contribution in [0, 0.1) is 6.92 Å². The van der Waals surface area contributed by atoms with Crippen molar-refractivity contribution >= 4 is 46.8 Å². The monoisotopic (exact) mass is 507 g/mol. The van der Waals surface area contributed by atoms with E-state index in [1.54, 1.807) is 34.9 Å². The van der Waals surface area contributed by atoms with E-state index >= 15 is 0 Å². The number of halogens is 2. The number of carbonyl (C=O) groups excluding carboxylic acids is 3. The Hall–Kier alpha value is -2.91. The average molecular weight is 508 g/mol. The largest absolute Gasteiger partial charge is 0.465 e. The molecule has 182 valence electrons. The first kappa shape index (κ1) is 25.7. The van der Waals surface area contributed by atoms with Crippen molar-refractivity contribution in [2.24, 2.45) is 0 Å². The number of esters is 1. The van der Waals surface area contributed by atoms with Crippen molar-refractivity contribution in [3.63, 3.8) is 0 Å². The van der Waals surface area contributed by atoms with E-state index < -0.39 is 11.9 Å². The highest BCUT2D eigenvalue weighted by Gasteiger charge is 2.34. The summed E-state index contributed by atoms with van der Waals surface area (Å²) in [6, 6.07) is 4.19. The number of aromatic nitrogens is 2. The molecular formula is C23H27Cl2N5O4. The van der Waals surface area contributed by atoms with E-state index in [-0.39, 0.29) is 42.3 Å². The maximum atomic E-state index is 13.4. The Kier molecular flexibility index (Phi) is 7.99. The Morgan fingerprint density at radius 1 is 1.18 bits per heavy atom. The molecule has 11 heteroatoms. The summed E-state index contributed by atoms with van der Waals surface area (Å²) in [7, 11) is 1.26. The minimum Gasteiger partial charge on any atom is -0.465 e. The number of amides is 3. The van der Waals surface area contributed by atoms with Crippen molar-refractivity contribution in [1.82, 2.24) is 19.8 Å². The van der Waals surface area contributed by atoms with E-state index in [1.807, 2.05) is 20.8 Å². The molecule has 1 fully saturated rings. The molecule has 1 aliphatic heterocycles. The number of rotatable bonds is 4. The van der Waals surface area contributed by atoms with Crippen molar-refractivity contribution in [2.45, 2.75) is 39.7 Å². The number of piperazine rings is 1. The summed E-state index contributed by atoms with van der Waals surface area (Å²) in [5.74, 6) is -0.773. The fourth-order valence-corrected chi connectivity index (χ4v) is 4.30. The highest BCUT2D eigenvalue weighted by atomic mass is 35.5. The van der Waals surface area contributed by atoms with E-state index in [2.05, 4.69) is 15.3 Å². The number of nitrogens with zero attached hydrogens (tertiary/aromatic N) is 4. The van der Waals surface area contributed by atoms with Gasteiger partial charge in [-0.2, -0.15) is 0 Å². The molecule has 1 N–H and O–H groups in total. The van der Waals surface area contributed by atoms with Gasteiger partial charge in [-0.3, -0.25) is 4.79 Å². The van der Waals surface area contributed by atoms with Crippen LogP contribution in [0.25, 0.3) is 0 Å². The summed E-state index contributed by atoms with van der Waals surface area (Å²) in [5.41, 5.74) is 1.01. The third-order valence-electron chi connectivity index (χ3n) is 5.54. The molecule has 1 atom stereocenters. The normalized spacial score (nSPS) is 15.9. The Bertz CT molecular complexity index is 1120. The number of nitrogens with one attached hydrogen (secondary N) is 1. The molecule has 1 aromatic heterocycles. The van der Waals surface area contributed by atoms with Crippen LogP contribution in [0.4, 0.5) is 10.5 Å². The smallest absolute Gasteiger partial charge is 0.342 e. The summed E-state index contributed by atoms with van der Waals surface area (Å²) in [4.78, 5) is 50.7. The lowest BCUT2D eigenvalue weighted by molar-refractivity contribution is 0.0550. The molecule has 1 aromatic carbocycles. The van der Waals surface area contributed by atoms with Gasteiger partial charge in [0.2, 0.25) is 0 Å². The van der Waals surface area contributed by atoms with Crippen LogP contribution in [0.2, 0.25) is 10.0 Å². The molecule has 1 unspecified atom stereocenters. The Morgan fingerprint density at radius 3 is 2.47 bits per heavy atom. The number of hydrogen-bond acceptors (Lipinski definition) is 6. The number of hydrogen-bond donors (Lipinski definition) is 1. The first-order valence-corrected chi connectivity index (χ1v) is 11.6. The summed E-state index contributed by atoms with van der Waals surface area (Å²) in [6.07, 6.45) is 0. The molecule has 0 spiro atoms. The zero-order valence-corrected chi connectivity index (χ0v) is 21.2. The molecule has 3 amide bonds. The summed E-state index contributed by atoms with van der Waals surface area (Å²) >= 11 is 12.1. The molecule has 3 rings (SSSR count). The molecular weight excluding hydrogens is 481 g/mol. The minimum absolute atomic E-state index is 0.0149. The van der Waals surface area contributed by atoms with Crippen LogP contribution in [-0.4, -0.2) is 70.5 Å². The van der Waals surface area contributed by atoms with Gasteiger partial charge in [-0.25, -0.2) is 19.6 Å². The van der Waals surface area contributed by atoms with Gasteiger partial charge in [0.1, 0.15) is 17.1 Å². The second-order valence-electron chi connectivity index (χ2n) is 8.37. The number of carbonyl (C=O) groups is 3. The predicted octanol–water partition coefficient (Wildman–Crippen LogP) is 4.38. The summed E-state index contributed by atoms with van der Waals surface area (Å²) in [6.45, 7) is 8.11. The molecule has 0 saturated carbocycles. The van der Waals surface area contributed by atoms with Crippen LogP contribution < -0.4 is 5.32 Å². The lowest BCUT2D eigenvalue weighted by Gasteiger charge is -2.39. The number of aryl methyl sites for hydroxylation is 1. The summed E-state index contributed by atoms with van der Waals surface area (Å²) in [5, 5.41) is 3.58. The number of methoxy groups -OCH3 is 1. The van der Waals surface area contributed by atoms with Gasteiger partial charge in [0.15, 0.2) is 0 Å². The van der Waals surface area contributed by atoms with Gasteiger partial charge in [0.25, 0.3) is 5.91 Å². The molecule has 2 aromatic rings. The second kappa shape index (κ2) is 10.6. The van der Waals surface area contributed by atoms with E-state index in [0.29, 0.717) is 33.8 Å². The van der Waals surface area contributed by atoms with Crippen molar-refractivity contribution < 1.29 is 19.1 Å². The van der Waals surface area contributed by atoms with Crippen LogP contribution in [0.15, 0.2) is 18.2 Å². The third-order valence-corrected chi connectivity index (χ3v) is 6.08. The molecule has 2 heterocycles. The molecule has 0 aliphatic carbocycles. The van der Waals surface area contributed by atoms with E-state index in [1.165, 1.54) is 7.11 Å². The molecule has 1 aliphatic rings. The van der Waals surface area contributed by atoms with Crippen molar-refractivity contribution in [1.29, 1.82) is 0 Å². The van der Waals surface area contributed by atoms with Gasteiger partial charge in [-0.15, -0.1) is 0 Å². The highest BCUT2D eigenvalue weighted by Crippen LogP contribution is 2.27. The predicted molar refractivity (Wildman–Crippen MR) is 130 cm³/mol. The van der Waals surface area contributed by atoms with Crippen LogP contribution in [0.3, 0.4) is 0 Å². The Morgan fingerprint density at radius 2 is 1.88 bits per heavy atom. The molecule has 1 saturated heterocycles. The van der Waals surface area contributed by atoms with Gasteiger partial charge in [0, 0.05) is 30.7 Å². The van der Waals surface area contributed by atoms with Crippen molar-refractivity contribution in [2.75, 3.05) is 32.1 Å². The summed E-state index contributed by atoms with van der Waals surface area (Å²) < 4.78 is 4.92. The SMILES string of the molecule is COC(=O)c1c(C(=O)N2CCN(C(=O)Nc3ccc(Cl)cc3Cl)C(C)C2)nc(C)nc1C(C)C. The minimum atomic E-state index is -0.655. The number of anilines is 1. The number of ether oxygens (including phenoxy) is 1. The van der Waals surface area contributed by atoms with E-state index in [9.17, 15) is 14.4 Å². The van der Waals surface area contributed by atoms with Gasteiger partial charge >= 0.3 is 12.0 Å². The van der Waals surface area contributed by atoms with E-state index in [4.69, 9.17) is 27.9 Å². The first-order valence-electron chi connectivity index (χ1n) is 10.8. The molecule has 34 heavy (non-hydrogen) atoms. The van der Waals surface area contributed by atoms with Crippen LogP contribution in [0.1, 0.15) is 59.1 Å². The fourth-order valence-electron chi connectivity index (χ4n) is 3.84. The topological polar surface area (TPSA) is 105 Å². The Balaban J connectivity index is 1.79. The maximum absolute atomic E-state index is 13.4. The highest BCUT2D eigenvalue weighted by molar-refractivity contribution is 6.36. The quantitative estimate of drug-likeness (QED) is 0.615. The number of urea groups is 1. The van der Waals surface area contributed by atoms with Crippen LogP contribution in [0.5, 0.6) is 0 Å². The molecule has 0 bridgehead atoms. The maximum Gasteiger partial charge on any atom is 0.342 e. The Labute approximate surface area is 208 Å². The van der Waals surface area contributed by atoms with Gasteiger partial charge in [-0.05, 0) is 38.0 Å². The lowest BCUT2D eigenvalue weighted by atomic mass is 10.0. The average Bonchev–Trinajstić information content (AvgIpc) is 2.79. The van der Waals surface area contributed by atoms with E-state index in [0.717, 1.165) is 0 Å². The zero-order chi connectivity index (χ0) is 25.2. The zero-order valence-electron chi connectivity index (χ0n) is 19.7. The van der Waals surface area contributed by atoms with Crippen molar-refractivity contribution in [3.8, 4) is 0 Å². The molecule has 0 radical (unpaired) electrons. The second-order valence-corrected chi connectivity index (χ2v) is 9.22. The molecule has 9 nitrogen and oxygen atoms in total. The fraction of sp³-hybridized carbons (Fsp3) is 0.435. The first-order chi connectivity index (χ1) is 16.0. The third kappa shape index (κ3) is 5.42. The van der Waals surface area contributed by atoms with Crippen molar-refractivity contribution in [3.05, 3.63) is 51.0 Å². The van der Waals surface area contributed by atoms with Gasteiger partial charge < -0.3 is 19.9 Å². The van der Waals surface area contributed by atoms with Crippen LogP contribution >= 0.6 is 23.2 Å². The van der Waals surface area contributed by atoms with Gasteiger partial charge in [0.05, 0.1) is 23.5 Å². The lowest BCUT2D eigenvalue weighted by Crippen LogP contribution is -2.56. The van der Waals surface area contributed by atoms with Gasteiger partial charge in [-0.1, -0.05) is 37.0 Å².